The lowest BCUT2D eigenvalue weighted by Gasteiger charge is -2.59. The molecule has 64 heavy (non-hydrogen) atoms. The molecule has 0 radical (unpaired) electrons. The number of benzene rings is 4. The monoisotopic (exact) mass is 866 g/mol. The minimum Gasteiger partial charge on any atom is -0.459 e. The van der Waals surface area contributed by atoms with Gasteiger partial charge in [-0.1, -0.05) is 129 Å². The first-order valence-corrected chi connectivity index (χ1v) is 23.8. The van der Waals surface area contributed by atoms with Crippen LogP contribution in [0.3, 0.4) is 0 Å². The number of allylic oxidation sites excluding steroid dienone is 1. The van der Waals surface area contributed by atoms with Gasteiger partial charge in [-0.25, -0.2) is 0 Å². The molecule has 338 valence electrons. The van der Waals surface area contributed by atoms with Crippen LogP contribution < -0.4 is 9.47 Å². The summed E-state index contributed by atoms with van der Waals surface area (Å²) in [6.45, 7) is 4.85. The number of aliphatic hydroxyl groups excluding tert-OH is 2. The molecule has 4 aliphatic rings. The molecule has 3 aliphatic carbocycles. The van der Waals surface area contributed by atoms with Crippen molar-refractivity contribution >= 4 is 11.6 Å². The molecule has 2 fully saturated rings. The average Bonchev–Trinajstić information content (AvgIpc) is 3.86. The first-order valence-electron chi connectivity index (χ1n) is 23.8. The molecule has 4 aromatic rings. The van der Waals surface area contributed by atoms with Crippen molar-refractivity contribution in [1.82, 2.24) is 4.90 Å². The number of ether oxygens (including phenoxy) is 3. The van der Waals surface area contributed by atoms with Crippen molar-refractivity contribution in [1.29, 1.82) is 0 Å². The van der Waals surface area contributed by atoms with Crippen LogP contribution in [0.5, 0.6) is 17.2 Å². The van der Waals surface area contributed by atoms with E-state index in [-0.39, 0.29) is 49.4 Å². The second kappa shape index (κ2) is 21.6. The molecule has 2 saturated carbocycles. The number of hydrogen-bond acceptors (Lipinski definition) is 8. The molecule has 9 nitrogen and oxygen atoms in total. The number of nitrogens with zero attached hydrogens (tertiary/aromatic N) is 2. The van der Waals surface area contributed by atoms with E-state index >= 15 is 0 Å². The Labute approximate surface area is 379 Å². The number of hydrogen-bond donors (Lipinski definition) is 2. The van der Waals surface area contributed by atoms with Crippen molar-refractivity contribution in [3.63, 3.8) is 0 Å². The second-order valence-electron chi connectivity index (χ2n) is 18.2. The van der Waals surface area contributed by atoms with Crippen molar-refractivity contribution in [2.75, 3.05) is 26.9 Å². The summed E-state index contributed by atoms with van der Waals surface area (Å²) in [5, 5.41) is 24.9. The van der Waals surface area contributed by atoms with Crippen LogP contribution in [0.15, 0.2) is 133 Å². The molecule has 8 rings (SSSR count). The molecule has 2 N–H and O–H groups in total. The van der Waals surface area contributed by atoms with Crippen LogP contribution in [0.4, 0.5) is 0 Å². The Morgan fingerprint density at radius 1 is 0.859 bits per heavy atom. The van der Waals surface area contributed by atoms with Gasteiger partial charge >= 0.3 is 0 Å². The third kappa shape index (κ3) is 10.2. The summed E-state index contributed by atoms with van der Waals surface area (Å²) in [6, 6.07) is 34.1. The van der Waals surface area contributed by atoms with Gasteiger partial charge in [-0.15, -0.1) is 6.58 Å². The first kappa shape index (κ1) is 45.4. The zero-order valence-electron chi connectivity index (χ0n) is 37.5. The van der Waals surface area contributed by atoms with Gasteiger partial charge in [0.15, 0.2) is 0 Å². The van der Waals surface area contributed by atoms with Crippen molar-refractivity contribution in [2.45, 2.75) is 108 Å². The fourth-order valence-corrected chi connectivity index (χ4v) is 11.0. The molecule has 6 unspecified atom stereocenters. The number of amides is 1. The van der Waals surface area contributed by atoms with Crippen LogP contribution in [0.25, 0.3) is 11.1 Å². The summed E-state index contributed by atoms with van der Waals surface area (Å²) in [5.41, 5.74) is 6.11. The van der Waals surface area contributed by atoms with Gasteiger partial charge in [0.1, 0.15) is 29.9 Å². The molecular formula is C55H66N2O7. The predicted octanol–water partition coefficient (Wildman–Crippen LogP) is 11.4. The first-order chi connectivity index (χ1) is 31.4. The van der Waals surface area contributed by atoms with Crippen LogP contribution in [-0.2, 0) is 21.0 Å². The molecule has 1 heterocycles. The minimum absolute atomic E-state index is 0.0700. The molecule has 0 aromatic heterocycles. The van der Waals surface area contributed by atoms with E-state index in [0.717, 1.165) is 71.4 Å². The number of oxime groups is 1. The Balaban J connectivity index is 1.24. The number of carbonyl (C=O) groups is 1. The van der Waals surface area contributed by atoms with Crippen LogP contribution in [0.1, 0.15) is 101 Å². The van der Waals surface area contributed by atoms with E-state index < -0.39 is 11.8 Å². The minimum atomic E-state index is -1.28. The standard InChI is InChI=1S/C55H66N2O7/c1-3-34-61-55-51(57(2)52(60)31-24-39-16-10-11-17-39)37-49(56-62-38-40-18-6-4-7-19-40)47-35-43(22-12-14-32-58)46(23-13-15-33-59)53(54(47)55)48-36-45(29-30-50(48)64-55)63-44-27-25-42(26-28-44)41-20-8-5-9-21-41/h3-9,18-21,25-30,35-36,39,43,46,51,53-54,58-59H,1,10-17,22-24,31-34,37-38H2,2H3. The van der Waals surface area contributed by atoms with Gasteiger partial charge in [-0.2, -0.15) is 0 Å². The van der Waals surface area contributed by atoms with Crippen LogP contribution in [0, 0.1) is 23.7 Å². The van der Waals surface area contributed by atoms with Crippen LogP contribution in [0.2, 0.25) is 0 Å². The van der Waals surface area contributed by atoms with Gasteiger partial charge < -0.3 is 34.2 Å². The van der Waals surface area contributed by atoms with E-state index in [1.165, 1.54) is 25.7 Å². The van der Waals surface area contributed by atoms with E-state index in [1.807, 2.05) is 84.7 Å². The lowest BCUT2D eigenvalue weighted by molar-refractivity contribution is -0.255. The summed E-state index contributed by atoms with van der Waals surface area (Å²) in [5.74, 6) is 1.22. The highest BCUT2D eigenvalue weighted by atomic mass is 16.7. The Kier molecular flexibility index (Phi) is 15.3. The SMILES string of the molecule is C=CCOC12Oc3ccc(Oc4ccc(-c5ccccc5)cc4)cc3C3C(CCCCO)C(CCCCO)C=C(C(=NOCc4ccccc4)CC1N(C)C(=O)CCC1CCCC1)C32. The molecule has 0 bridgehead atoms. The normalized spacial score (nSPS) is 24.3. The highest BCUT2D eigenvalue weighted by Crippen LogP contribution is 2.62. The van der Waals surface area contributed by atoms with Gasteiger partial charge in [0, 0.05) is 44.6 Å². The number of aliphatic hydroxyl groups is 2. The van der Waals surface area contributed by atoms with Crippen molar-refractivity contribution in [3.8, 4) is 28.4 Å². The van der Waals surface area contributed by atoms with Gasteiger partial charge in [-0.3, -0.25) is 4.79 Å². The lowest BCUT2D eigenvalue weighted by Crippen LogP contribution is -2.69. The zero-order chi connectivity index (χ0) is 44.3. The fourth-order valence-electron chi connectivity index (χ4n) is 11.0. The molecule has 1 amide bonds. The molecule has 0 spiro atoms. The topological polar surface area (TPSA) is 110 Å². The smallest absolute Gasteiger partial charge is 0.239 e. The average molecular weight is 867 g/mol. The third-order valence-corrected chi connectivity index (χ3v) is 14.2. The van der Waals surface area contributed by atoms with Gasteiger partial charge in [-0.05, 0) is 102 Å². The summed E-state index contributed by atoms with van der Waals surface area (Å²) in [7, 11) is 1.91. The quantitative estimate of drug-likeness (QED) is 0.0487. The summed E-state index contributed by atoms with van der Waals surface area (Å²) in [4.78, 5) is 22.6. The maximum atomic E-state index is 14.5. The number of rotatable bonds is 21. The molecule has 9 heteroatoms. The molecule has 0 saturated heterocycles. The highest BCUT2D eigenvalue weighted by molar-refractivity contribution is 6.03. The van der Waals surface area contributed by atoms with E-state index in [0.29, 0.717) is 49.7 Å². The molecule has 6 atom stereocenters. The van der Waals surface area contributed by atoms with Crippen LogP contribution >= 0.6 is 0 Å². The largest absolute Gasteiger partial charge is 0.459 e. The summed E-state index contributed by atoms with van der Waals surface area (Å²) < 4.78 is 21.1. The van der Waals surface area contributed by atoms with Gasteiger partial charge in [0.2, 0.25) is 11.7 Å². The Morgan fingerprint density at radius 3 is 2.27 bits per heavy atom. The van der Waals surface area contributed by atoms with Crippen molar-refractivity contribution in [3.05, 3.63) is 139 Å². The Hall–Kier alpha value is -5.22. The number of fused-ring (bicyclic) bond motifs is 2. The van der Waals surface area contributed by atoms with Gasteiger partial charge in [0.05, 0.1) is 18.2 Å². The van der Waals surface area contributed by atoms with E-state index in [1.54, 1.807) is 6.08 Å². The predicted molar refractivity (Wildman–Crippen MR) is 252 cm³/mol. The van der Waals surface area contributed by atoms with Gasteiger partial charge in [0.25, 0.3) is 0 Å². The molecule has 1 aliphatic heterocycles. The lowest BCUT2D eigenvalue weighted by atomic mass is 9.55. The van der Waals surface area contributed by atoms with E-state index in [2.05, 4.69) is 43.0 Å². The van der Waals surface area contributed by atoms with E-state index in [4.69, 9.17) is 24.2 Å². The fraction of sp³-hybridized carbons (Fsp3) is 0.455. The summed E-state index contributed by atoms with van der Waals surface area (Å²) in [6.07, 6.45) is 15.5. The number of carbonyl (C=O) groups excluding carboxylic acids is 1. The maximum Gasteiger partial charge on any atom is 0.239 e. The number of unbranched alkanes of at least 4 members (excludes halogenated alkanes) is 2. The second-order valence-corrected chi connectivity index (χ2v) is 18.2. The highest BCUT2D eigenvalue weighted by Gasteiger charge is 2.65. The zero-order valence-corrected chi connectivity index (χ0v) is 37.5. The van der Waals surface area contributed by atoms with Crippen molar-refractivity contribution < 1.29 is 34.1 Å². The summed E-state index contributed by atoms with van der Waals surface area (Å²) >= 11 is 0. The maximum absolute atomic E-state index is 14.5. The molecule has 4 aromatic carbocycles. The van der Waals surface area contributed by atoms with Crippen LogP contribution in [-0.4, -0.2) is 65.4 Å². The third-order valence-electron chi connectivity index (χ3n) is 14.2. The number of likely N-dealkylation sites (N-methyl/N-ethyl adjacent to an activating group) is 1. The Morgan fingerprint density at radius 2 is 1.55 bits per heavy atom. The molecular weight excluding hydrogens is 801 g/mol. The van der Waals surface area contributed by atoms with Crippen molar-refractivity contribution in [2.24, 2.45) is 28.8 Å². The Bertz CT molecular complexity index is 2200. The van der Waals surface area contributed by atoms with E-state index in [9.17, 15) is 15.0 Å².